The van der Waals surface area contributed by atoms with Gasteiger partial charge < -0.3 is 15.7 Å². The van der Waals surface area contributed by atoms with Crippen molar-refractivity contribution >= 4 is 17.2 Å². The van der Waals surface area contributed by atoms with E-state index >= 15 is 0 Å². The Hall–Kier alpha value is -2.12. The van der Waals surface area contributed by atoms with Crippen LogP contribution in [0.15, 0.2) is 34.2 Å². The van der Waals surface area contributed by atoms with Crippen LogP contribution >= 0.6 is 11.3 Å². The van der Waals surface area contributed by atoms with Gasteiger partial charge in [0.05, 0.1) is 23.9 Å². The average molecular weight is 306 g/mol. The van der Waals surface area contributed by atoms with Crippen molar-refractivity contribution in [3.63, 3.8) is 0 Å². The van der Waals surface area contributed by atoms with Crippen LogP contribution in [0.5, 0.6) is 5.75 Å². The van der Waals surface area contributed by atoms with Gasteiger partial charge in [0.1, 0.15) is 5.75 Å². The van der Waals surface area contributed by atoms with E-state index in [1.807, 2.05) is 30.1 Å². The highest BCUT2D eigenvalue weighted by molar-refractivity contribution is 7.07. The number of nitrogens with zero attached hydrogens (tertiary/aromatic N) is 3. The molecule has 3 N–H and O–H groups in total. The van der Waals surface area contributed by atoms with Gasteiger partial charge >= 0.3 is 0 Å². The van der Waals surface area contributed by atoms with Crippen LogP contribution in [0.4, 0.5) is 0 Å². The standard InChI is InChI=1S/C14H18N4O2S/c1-18(7-11-8-21-9-16-11)6-10-3-4-12(14(15)17-19)13(5-10)20-2/h3-5,8-9,19H,6-7H2,1-2H3,(H2,15,17). The third-order valence-electron chi connectivity index (χ3n) is 3.02. The number of benzene rings is 1. The maximum Gasteiger partial charge on any atom is 0.173 e. The molecule has 0 atom stereocenters. The molecule has 0 aliphatic rings. The monoisotopic (exact) mass is 306 g/mol. The summed E-state index contributed by atoms with van der Waals surface area (Å²) in [6.45, 7) is 1.54. The maximum atomic E-state index is 8.76. The van der Waals surface area contributed by atoms with Crippen LogP contribution in [-0.2, 0) is 13.1 Å². The van der Waals surface area contributed by atoms with Crippen molar-refractivity contribution in [3.05, 3.63) is 45.9 Å². The zero-order chi connectivity index (χ0) is 15.2. The highest BCUT2D eigenvalue weighted by Crippen LogP contribution is 2.21. The van der Waals surface area contributed by atoms with Crippen molar-refractivity contribution in [1.82, 2.24) is 9.88 Å². The zero-order valence-electron chi connectivity index (χ0n) is 12.0. The van der Waals surface area contributed by atoms with Gasteiger partial charge in [0.15, 0.2) is 5.84 Å². The molecule has 0 saturated carbocycles. The quantitative estimate of drug-likeness (QED) is 0.368. The zero-order valence-corrected chi connectivity index (χ0v) is 12.8. The Labute approximate surface area is 127 Å². The second kappa shape index (κ2) is 7.05. The van der Waals surface area contributed by atoms with Crippen molar-refractivity contribution in [2.75, 3.05) is 14.2 Å². The smallest absolute Gasteiger partial charge is 0.173 e. The van der Waals surface area contributed by atoms with Gasteiger partial charge in [0.25, 0.3) is 0 Å². The summed E-state index contributed by atoms with van der Waals surface area (Å²) in [7, 11) is 3.59. The fourth-order valence-corrected chi connectivity index (χ4v) is 2.61. The number of amidine groups is 1. The molecule has 0 amide bonds. The van der Waals surface area contributed by atoms with Crippen LogP contribution in [0.3, 0.4) is 0 Å². The van der Waals surface area contributed by atoms with Crippen molar-refractivity contribution < 1.29 is 9.94 Å². The van der Waals surface area contributed by atoms with Gasteiger partial charge in [0.2, 0.25) is 0 Å². The van der Waals surface area contributed by atoms with Crippen LogP contribution < -0.4 is 10.5 Å². The summed E-state index contributed by atoms with van der Waals surface area (Å²) < 4.78 is 5.30. The maximum absolute atomic E-state index is 8.76. The first-order valence-electron chi connectivity index (χ1n) is 6.34. The topological polar surface area (TPSA) is 84.0 Å². The summed E-state index contributed by atoms with van der Waals surface area (Å²) in [5.41, 5.74) is 10.2. The van der Waals surface area contributed by atoms with Crippen molar-refractivity contribution in [2.24, 2.45) is 10.9 Å². The second-order valence-electron chi connectivity index (χ2n) is 4.67. The number of rotatable bonds is 6. The van der Waals surface area contributed by atoms with E-state index in [0.717, 1.165) is 24.3 Å². The summed E-state index contributed by atoms with van der Waals surface area (Å²) in [5.74, 6) is 0.624. The predicted octanol–water partition coefficient (Wildman–Crippen LogP) is 1.88. The predicted molar refractivity (Wildman–Crippen MR) is 82.8 cm³/mol. The minimum Gasteiger partial charge on any atom is -0.496 e. The highest BCUT2D eigenvalue weighted by Gasteiger charge is 2.10. The third kappa shape index (κ3) is 3.93. The minimum atomic E-state index is 0.0363. The molecule has 1 heterocycles. The lowest BCUT2D eigenvalue weighted by atomic mass is 10.1. The molecule has 0 fully saturated rings. The molecule has 0 bridgehead atoms. The van der Waals surface area contributed by atoms with Crippen LogP contribution in [0.2, 0.25) is 0 Å². The molecule has 1 aromatic heterocycles. The lowest BCUT2D eigenvalue weighted by molar-refractivity contribution is 0.314. The Morgan fingerprint density at radius 3 is 2.90 bits per heavy atom. The van der Waals surface area contributed by atoms with Gasteiger partial charge in [-0.25, -0.2) is 4.98 Å². The molecule has 2 aromatic rings. The van der Waals surface area contributed by atoms with Crippen molar-refractivity contribution in [1.29, 1.82) is 0 Å². The number of hydrogen-bond acceptors (Lipinski definition) is 6. The molecule has 0 unspecified atom stereocenters. The molecule has 0 radical (unpaired) electrons. The molecular formula is C14H18N4O2S. The number of aromatic nitrogens is 1. The number of hydrogen-bond donors (Lipinski definition) is 2. The number of oxime groups is 1. The van der Waals surface area contributed by atoms with Gasteiger partial charge in [-0.15, -0.1) is 11.3 Å². The van der Waals surface area contributed by atoms with E-state index in [0.29, 0.717) is 11.3 Å². The average Bonchev–Trinajstić information content (AvgIpc) is 2.99. The van der Waals surface area contributed by atoms with Crippen LogP contribution in [0.25, 0.3) is 0 Å². The number of thiazole rings is 1. The lowest BCUT2D eigenvalue weighted by Crippen LogP contribution is -2.18. The molecule has 0 aliphatic carbocycles. The molecular weight excluding hydrogens is 288 g/mol. The van der Waals surface area contributed by atoms with Gasteiger partial charge in [0, 0.05) is 18.5 Å². The Morgan fingerprint density at radius 1 is 1.48 bits per heavy atom. The fraction of sp³-hybridized carbons (Fsp3) is 0.286. The number of nitrogens with two attached hydrogens (primary N) is 1. The Bertz CT molecular complexity index is 613. The first kappa shape index (κ1) is 15.3. The van der Waals surface area contributed by atoms with Crippen molar-refractivity contribution in [3.8, 4) is 5.75 Å². The number of methoxy groups -OCH3 is 1. The Morgan fingerprint density at radius 2 is 2.29 bits per heavy atom. The van der Waals surface area contributed by atoms with E-state index in [1.165, 1.54) is 0 Å². The van der Waals surface area contributed by atoms with E-state index in [2.05, 4.69) is 15.0 Å². The van der Waals surface area contributed by atoms with Gasteiger partial charge in [-0.05, 0) is 24.7 Å². The third-order valence-corrected chi connectivity index (χ3v) is 3.65. The summed E-state index contributed by atoms with van der Waals surface area (Å²) in [4.78, 5) is 6.43. The highest BCUT2D eigenvalue weighted by atomic mass is 32.1. The summed E-state index contributed by atoms with van der Waals surface area (Å²) in [6.07, 6.45) is 0. The molecule has 0 aliphatic heterocycles. The van der Waals surface area contributed by atoms with Crippen molar-refractivity contribution in [2.45, 2.75) is 13.1 Å². The van der Waals surface area contributed by atoms with Gasteiger partial charge in [-0.3, -0.25) is 4.90 Å². The van der Waals surface area contributed by atoms with Crippen LogP contribution in [0.1, 0.15) is 16.8 Å². The molecule has 7 heteroatoms. The normalized spacial score (nSPS) is 11.9. The van der Waals surface area contributed by atoms with E-state index in [1.54, 1.807) is 24.5 Å². The van der Waals surface area contributed by atoms with Gasteiger partial charge in [-0.2, -0.15) is 0 Å². The first-order chi connectivity index (χ1) is 10.1. The van der Waals surface area contributed by atoms with Gasteiger partial charge in [-0.1, -0.05) is 11.2 Å². The summed E-state index contributed by atoms with van der Waals surface area (Å²) in [6, 6.07) is 5.62. The second-order valence-corrected chi connectivity index (χ2v) is 5.39. The van der Waals surface area contributed by atoms with Crippen LogP contribution in [-0.4, -0.2) is 35.1 Å². The SMILES string of the molecule is COc1cc(CN(C)Cc2cscn2)ccc1/C(N)=N/O. The van der Waals surface area contributed by atoms with E-state index in [-0.39, 0.29) is 5.84 Å². The lowest BCUT2D eigenvalue weighted by Gasteiger charge is -2.16. The minimum absolute atomic E-state index is 0.0363. The fourth-order valence-electron chi connectivity index (χ4n) is 2.06. The molecule has 2 rings (SSSR count). The summed E-state index contributed by atoms with van der Waals surface area (Å²) in [5, 5.41) is 13.8. The number of ether oxygens (including phenoxy) is 1. The first-order valence-corrected chi connectivity index (χ1v) is 7.28. The van der Waals surface area contributed by atoms with E-state index < -0.39 is 0 Å². The summed E-state index contributed by atoms with van der Waals surface area (Å²) >= 11 is 1.59. The molecule has 21 heavy (non-hydrogen) atoms. The Balaban J connectivity index is 2.10. The van der Waals surface area contributed by atoms with E-state index in [9.17, 15) is 0 Å². The molecule has 1 aromatic carbocycles. The Kier molecular flexibility index (Phi) is 5.13. The molecule has 112 valence electrons. The largest absolute Gasteiger partial charge is 0.496 e. The van der Waals surface area contributed by atoms with Crippen LogP contribution in [0, 0.1) is 0 Å². The van der Waals surface area contributed by atoms with E-state index in [4.69, 9.17) is 15.7 Å². The molecule has 6 nitrogen and oxygen atoms in total. The molecule has 0 spiro atoms. The molecule has 0 saturated heterocycles.